The number of rotatable bonds is 9. The molecule has 0 saturated carbocycles. The zero-order valence-corrected chi connectivity index (χ0v) is 19.4. The fourth-order valence-corrected chi connectivity index (χ4v) is 4.17. The summed E-state index contributed by atoms with van der Waals surface area (Å²) in [7, 11) is 0. The number of nitrogens with two attached hydrogens (primary N) is 1. The first-order valence-corrected chi connectivity index (χ1v) is 11.4. The highest BCUT2D eigenvalue weighted by atomic mass is 19.1. The summed E-state index contributed by atoms with van der Waals surface area (Å²) in [5.74, 6) is -1.42. The predicted octanol–water partition coefficient (Wildman–Crippen LogP) is 3.18. The highest BCUT2D eigenvalue weighted by molar-refractivity contribution is 6.44. The molecule has 0 fully saturated rings. The van der Waals surface area contributed by atoms with E-state index in [1.807, 2.05) is 24.3 Å². The number of aromatic nitrogens is 1. The molecule has 9 heteroatoms. The monoisotopic (exact) mass is 464 g/mol. The van der Waals surface area contributed by atoms with E-state index in [0.717, 1.165) is 37.1 Å². The van der Waals surface area contributed by atoms with Crippen LogP contribution >= 0.6 is 0 Å². The lowest BCUT2D eigenvalue weighted by molar-refractivity contribution is -0.119. The van der Waals surface area contributed by atoms with Crippen molar-refractivity contribution in [3.8, 4) is 0 Å². The third-order valence-corrected chi connectivity index (χ3v) is 6.17. The molecule has 4 rings (SSSR count). The van der Waals surface area contributed by atoms with E-state index in [0.29, 0.717) is 11.4 Å². The molecule has 0 radical (unpaired) electrons. The van der Waals surface area contributed by atoms with Crippen molar-refractivity contribution < 1.29 is 14.0 Å². The van der Waals surface area contributed by atoms with E-state index in [9.17, 15) is 14.0 Å². The zero-order valence-electron chi connectivity index (χ0n) is 19.4. The van der Waals surface area contributed by atoms with Gasteiger partial charge in [0.2, 0.25) is 5.91 Å². The average molecular weight is 465 g/mol. The number of anilines is 2. The molecule has 1 unspecified atom stereocenters. The number of hydrazone groups is 1. The predicted molar refractivity (Wildman–Crippen MR) is 132 cm³/mol. The summed E-state index contributed by atoms with van der Waals surface area (Å²) in [6.45, 7) is 8.22. The van der Waals surface area contributed by atoms with Crippen LogP contribution in [0.15, 0.2) is 59.8 Å². The molecule has 1 aliphatic heterocycles. The molecule has 2 aromatic carbocycles. The first-order valence-electron chi connectivity index (χ1n) is 11.4. The van der Waals surface area contributed by atoms with Gasteiger partial charge in [0.15, 0.2) is 0 Å². The van der Waals surface area contributed by atoms with Gasteiger partial charge < -0.3 is 20.5 Å². The Morgan fingerprint density at radius 1 is 1.15 bits per heavy atom. The number of amides is 2. The summed E-state index contributed by atoms with van der Waals surface area (Å²) in [5.41, 5.74) is 7.94. The van der Waals surface area contributed by atoms with Crippen molar-refractivity contribution in [1.29, 1.82) is 0 Å². The van der Waals surface area contributed by atoms with Crippen molar-refractivity contribution in [2.24, 2.45) is 10.8 Å². The van der Waals surface area contributed by atoms with E-state index in [4.69, 9.17) is 5.73 Å². The minimum atomic E-state index is -0.812. The molecule has 8 nitrogen and oxygen atoms in total. The lowest BCUT2D eigenvalue weighted by atomic mass is 10.1. The van der Waals surface area contributed by atoms with Gasteiger partial charge >= 0.3 is 0 Å². The van der Waals surface area contributed by atoms with Gasteiger partial charge in [0.1, 0.15) is 17.6 Å². The fraction of sp³-hybridized carbons (Fsp3) is 0.320. The number of benzene rings is 2. The van der Waals surface area contributed by atoms with Crippen LogP contribution in [0.25, 0.3) is 10.9 Å². The summed E-state index contributed by atoms with van der Waals surface area (Å²) in [4.78, 5) is 27.2. The number of nitrogens with one attached hydrogen (secondary N) is 1. The van der Waals surface area contributed by atoms with E-state index in [1.165, 1.54) is 29.3 Å². The number of carbonyl (C=O) groups excluding carboxylic acids is 2. The molecular weight excluding hydrogens is 435 g/mol. The maximum atomic E-state index is 13.3. The molecule has 0 saturated heterocycles. The van der Waals surface area contributed by atoms with Gasteiger partial charge in [-0.2, -0.15) is 5.10 Å². The molecule has 1 aromatic heterocycles. The van der Waals surface area contributed by atoms with Gasteiger partial charge in [-0.15, -0.1) is 0 Å². The molecule has 0 spiro atoms. The number of likely N-dealkylation sites (N-methyl/N-ethyl adjacent to an activating group) is 1. The third kappa shape index (κ3) is 4.94. The van der Waals surface area contributed by atoms with Crippen LogP contribution in [-0.4, -0.2) is 52.7 Å². The lowest BCUT2D eigenvalue weighted by Crippen LogP contribution is -2.39. The first-order chi connectivity index (χ1) is 16.4. The normalized spacial score (nSPS) is 15.7. The SMILES string of the molecule is CCN(CC)CCn1ccc2cc(NC(=O)C3=NN(c4ccc(F)cc4)C(C(N)=O)C3)ccc21. The minimum absolute atomic E-state index is 0.0719. The van der Waals surface area contributed by atoms with Gasteiger partial charge in [0, 0.05) is 42.3 Å². The topological polar surface area (TPSA) is 96.0 Å². The second-order valence-electron chi connectivity index (χ2n) is 8.25. The van der Waals surface area contributed by atoms with Gasteiger partial charge in [-0.1, -0.05) is 13.8 Å². The highest BCUT2D eigenvalue weighted by Crippen LogP contribution is 2.26. The second-order valence-corrected chi connectivity index (χ2v) is 8.25. The molecule has 0 bridgehead atoms. The van der Waals surface area contributed by atoms with Crippen molar-refractivity contribution in [2.45, 2.75) is 32.9 Å². The molecule has 1 aliphatic rings. The summed E-state index contributed by atoms with van der Waals surface area (Å²) >= 11 is 0. The summed E-state index contributed by atoms with van der Waals surface area (Å²) < 4.78 is 15.5. The third-order valence-electron chi connectivity index (χ3n) is 6.17. The molecular formula is C25H29FN6O2. The van der Waals surface area contributed by atoms with E-state index in [1.54, 1.807) is 0 Å². The zero-order chi connectivity index (χ0) is 24.2. The van der Waals surface area contributed by atoms with Crippen molar-refractivity contribution in [3.63, 3.8) is 0 Å². The number of halogens is 1. The Hall–Kier alpha value is -3.72. The maximum Gasteiger partial charge on any atom is 0.271 e. The number of hydrogen-bond acceptors (Lipinski definition) is 5. The molecule has 1 atom stereocenters. The van der Waals surface area contributed by atoms with Crippen LogP contribution in [-0.2, 0) is 16.1 Å². The molecule has 0 aliphatic carbocycles. The average Bonchev–Trinajstić information content (AvgIpc) is 3.45. The standard InChI is InChI=1S/C25H29FN6O2/c1-3-30(4-2)13-14-31-12-11-17-15-19(7-10-22(17)31)28-25(34)21-16-23(24(27)33)32(29-21)20-8-5-18(26)6-9-20/h5-12,15,23H,3-4,13-14,16H2,1-2H3,(H2,27,33)(H,28,34). The van der Waals surface area contributed by atoms with Crippen molar-refractivity contribution in [3.05, 3.63) is 60.5 Å². The number of nitrogens with zero attached hydrogens (tertiary/aromatic N) is 4. The van der Waals surface area contributed by atoms with Crippen LogP contribution < -0.4 is 16.1 Å². The van der Waals surface area contributed by atoms with Crippen LogP contribution in [0.4, 0.5) is 15.8 Å². The summed E-state index contributed by atoms with van der Waals surface area (Å²) in [5, 5.41) is 9.58. The number of hydrogen-bond donors (Lipinski definition) is 2. The minimum Gasteiger partial charge on any atom is -0.368 e. The van der Waals surface area contributed by atoms with Gasteiger partial charge in [0.25, 0.3) is 5.91 Å². The molecule has 3 aromatic rings. The lowest BCUT2D eigenvalue weighted by Gasteiger charge is -2.20. The largest absolute Gasteiger partial charge is 0.368 e. The van der Waals surface area contributed by atoms with E-state index in [2.05, 4.69) is 39.9 Å². The van der Waals surface area contributed by atoms with Crippen molar-refractivity contribution in [1.82, 2.24) is 9.47 Å². The van der Waals surface area contributed by atoms with E-state index in [-0.39, 0.29) is 12.1 Å². The van der Waals surface area contributed by atoms with Crippen LogP contribution in [0.1, 0.15) is 20.3 Å². The van der Waals surface area contributed by atoms with E-state index >= 15 is 0 Å². The first kappa shape index (κ1) is 23.4. The van der Waals surface area contributed by atoms with Gasteiger partial charge in [0.05, 0.1) is 5.69 Å². The molecule has 2 amide bonds. The molecule has 2 heterocycles. The Bertz CT molecular complexity index is 1220. The molecule has 3 N–H and O–H groups in total. The Morgan fingerprint density at radius 2 is 1.88 bits per heavy atom. The Labute approximate surface area is 197 Å². The van der Waals surface area contributed by atoms with Gasteiger partial charge in [-0.05, 0) is 61.6 Å². The summed E-state index contributed by atoms with van der Waals surface area (Å²) in [6, 6.07) is 12.5. The highest BCUT2D eigenvalue weighted by Gasteiger charge is 2.35. The van der Waals surface area contributed by atoms with E-state index < -0.39 is 23.7 Å². The van der Waals surface area contributed by atoms with Gasteiger partial charge in [-0.3, -0.25) is 14.6 Å². The van der Waals surface area contributed by atoms with Crippen LogP contribution in [0.2, 0.25) is 0 Å². The van der Waals surface area contributed by atoms with Crippen LogP contribution in [0.3, 0.4) is 0 Å². The number of carbonyl (C=O) groups is 2. The second kappa shape index (κ2) is 10.0. The Balaban J connectivity index is 1.48. The maximum absolute atomic E-state index is 13.3. The molecule has 178 valence electrons. The Morgan fingerprint density at radius 3 is 2.56 bits per heavy atom. The summed E-state index contributed by atoms with van der Waals surface area (Å²) in [6.07, 6.45) is 2.13. The smallest absolute Gasteiger partial charge is 0.271 e. The Kier molecular flexibility index (Phi) is 6.93. The van der Waals surface area contributed by atoms with Crippen LogP contribution in [0, 0.1) is 5.82 Å². The van der Waals surface area contributed by atoms with Crippen molar-refractivity contribution in [2.75, 3.05) is 30.0 Å². The fourth-order valence-electron chi connectivity index (χ4n) is 4.17. The quantitative estimate of drug-likeness (QED) is 0.508. The van der Waals surface area contributed by atoms with Crippen molar-refractivity contribution >= 4 is 39.8 Å². The van der Waals surface area contributed by atoms with Gasteiger partial charge in [-0.25, -0.2) is 4.39 Å². The number of primary amides is 1. The molecule has 34 heavy (non-hydrogen) atoms. The number of fused-ring (bicyclic) bond motifs is 1. The van der Waals surface area contributed by atoms with Crippen LogP contribution in [0.5, 0.6) is 0 Å².